The van der Waals surface area contributed by atoms with Crippen LogP contribution in [-0.4, -0.2) is 72.8 Å². The van der Waals surface area contributed by atoms with Crippen LogP contribution in [-0.2, 0) is 20.0 Å². The number of nitrogens with one attached hydrogen (secondary N) is 3. The summed E-state index contributed by atoms with van der Waals surface area (Å²) in [6.45, 7) is 7.21. The van der Waals surface area contributed by atoms with E-state index in [-0.39, 0.29) is 11.5 Å². The third-order valence-corrected chi connectivity index (χ3v) is 10.4. The van der Waals surface area contributed by atoms with Crippen LogP contribution >= 0.6 is 0 Å². The van der Waals surface area contributed by atoms with E-state index in [0.29, 0.717) is 46.8 Å². The normalized spacial score (nSPS) is 14.8. The van der Waals surface area contributed by atoms with Gasteiger partial charge in [0, 0.05) is 86.7 Å². The van der Waals surface area contributed by atoms with E-state index in [1.54, 1.807) is 30.2 Å². The highest BCUT2D eigenvalue weighted by Crippen LogP contribution is 2.35. The minimum Gasteiger partial charge on any atom is -0.369 e. The molecule has 7 aromatic rings. The lowest BCUT2D eigenvalue weighted by Gasteiger charge is -2.36. The highest BCUT2D eigenvalue weighted by Gasteiger charge is 2.24. The second-order valence-electron chi connectivity index (χ2n) is 13.7. The van der Waals surface area contributed by atoms with Crippen molar-refractivity contribution >= 4 is 45.2 Å². The van der Waals surface area contributed by atoms with Crippen LogP contribution in [0, 0.1) is 12.7 Å². The number of hydrogen-bond acceptors (Lipinski definition) is 8. The Balaban J connectivity index is 0.844. The van der Waals surface area contributed by atoms with Gasteiger partial charge in [-0.1, -0.05) is 18.2 Å². The number of carbonyl (C=O) groups excluding carboxylic acids is 1. The van der Waals surface area contributed by atoms with Crippen molar-refractivity contribution in [3.05, 3.63) is 124 Å². The molecule has 3 aromatic carbocycles. The quantitative estimate of drug-likeness (QED) is 0.199. The molecule has 0 unspecified atom stereocenters. The molecule has 6 heterocycles. The summed E-state index contributed by atoms with van der Waals surface area (Å²) < 4.78 is 17.6. The smallest absolute Gasteiger partial charge is 0.283 e. The first-order chi connectivity index (χ1) is 25.8. The Kier molecular flexibility index (Phi) is 7.99. The largest absolute Gasteiger partial charge is 0.369 e. The fraction of sp³-hybridized carbons (Fsp3) is 0.225. The van der Waals surface area contributed by atoms with E-state index < -0.39 is 5.82 Å². The van der Waals surface area contributed by atoms with Crippen molar-refractivity contribution in [1.82, 2.24) is 39.5 Å². The monoisotopic (exact) mass is 708 g/mol. The molecule has 266 valence electrons. The molecule has 0 radical (unpaired) electrons. The number of aryl methyl sites for hydroxylation is 2. The van der Waals surface area contributed by atoms with Crippen LogP contribution in [0.2, 0.25) is 0 Å². The van der Waals surface area contributed by atoms with Gasteiger partial charge in [0.1, 0.15) is 11.2 Å². The highest BCUT2D eigenvalue weighted by atomic mass is 19.1. The van der Waals surface area contributed by atoms with Crippen LogP contribution in [0.4, 0.5) is 21.7 Å². The van der Waals surface area contributed by atoms with Gasteiger partial charge in [0.05, 0.1) is 5.56 Å². The van der Waals surface area contributed by atoms with E-state index in [1.165, 1.54) is 27.9 Å². The Labute approximate surface area is 303 Å². The Bertz CT molecular complexity index is 2590. The molecule has 0 aliphatic carbocycles. The number of hydrogen-bond donors (Lipinski definition) is 3. The van der Waals surface area contributed by atoms with E-state index in [9.17, 15) is 14.0 Å². The molecular formula is C40H37FN10O2. The summed E-state index contributed by atoms with van der Waals surface area (Å²) in [6, 6.07) is 23.0. The second-order valence-corrected chi connectivity index (χ2v) is 13.7. The summed E-state index contributed by atoms with van der Waals surface area (Å²) in [4.78, 5) is 47.3. The molecule has 2 aliphatic heterocycles. The van der Waals surface area contributed by atoms with E-state index >= 15 is 0 Å². The van der Waals surface area contributed by atoms with Crippen molar-refractivity contribution in [3.8, 4) is 17.1 Å². The zero-order valence-electron chi connectivity index (χ0n) is 29.4. The fourth-order valence-corrected chi connectivity index (χ4v) is 7.67. The molecule has 4 aromatic heterocycles. The number of anilines is 3. The van der Waals surface area contributed by atoms with Gasteiger partial charge in [-0.15, -0.1) is 0 Å². The first kappa shape index (κ1) is 32.6. The molecule has 12 nitrogen and oxygen atoms in total. The van der Waals surface area contributed by atoms with Crippen molar-refractivity contribution in [2.24, 2.45) is 7.05 Å². The third kappa shape index (κ3) is 5.88. The third-order valence-electron chi connectivity index (χ3n) is 10.4. The van der Waals surface area contributed by atoms with Gasteiger partial charge in [-0.25, -0.2) is 14.4 Å². The summed E-state index contributed by atoms with van der Waals surface area (Å²) in [5.41, 5.74) is 8.86. The minimum absolute atomic E-state index is 0.220. The standard InChI is InChI=1S/C40H37FN10O2/c1-24-19-25(36-30-12-14-43-38(52)31-20-27(41)21-33(46-36)35(30)31)6-7-26(24)23-49-15-17-50(18-16-49)29-10-8-28(9-11-29)45-40-44-22-32-37(47-40)48(2)51(39(32)53)34-5-3-4-13-42-34/h3-11,13,19-22,46H,12,14-18,23H2,1-2H3,(H,43,52)(H,44,45,47). The number of aromatic amines is 1. The summed E-state index contributed by atoms with van der Waals surface area (Å²) in [5, 5.41) is 7.42. The average molecular weight is 709 g/mol. The van der Waals surface area contributed by atoms with Crippen LogP contribution in [0.25, 0.3) is 39.0 Å². The lowest BCUT2D eigenvalue weighted by Crippen LogP contribution is -2.46. The number of amides is 1. The Hall–Kier alpha value is -6.34. The average Bonchev–Trinajstić information content (AvgIpc) is 3.59. The van der Waals surface area contributed by atoms with Crippen molar-refractivity contribution in [3.63, 3.8) is 0 Å². The molecule has 13 heteroatoms. The van der Waals surface area contributed by atoms with E-state index in [4.69, 9.17) is 0 Å². The molecule has 0 saturated carbocycles. The summed E-state index contributed by atoms with van der Waals surface area (Å²) in [5.74, 6) is 0.269. The van der Waals surface area contributed by atoms with E-state index in [1.807, 2.05) is 24.3 Å². The second kappa shape index (κ2) is 13.0. The van der Waals surface area contributed by atoms with Crippen LogP contribution in [0.5, 0.6) is 0 Å². The number of fused-ring (bicyclic) bond motifs is 1. The molecular weight excluding hydrogens is 672 g/mol. The van der Waals surface area contributed by atoms with Gasteiger partial charge in [-0.05, 0) is 90.2 Å². The first-order valence-corrected chi connectivity index (χ1v) is 17.7. The van der Waals surface area contributed by atoms with Gasteiger partial charge >= 0.3 is 0 Å². The first-order valence-electron chi connectivity index (χ1n) is 17.7. The molecule has 1 saturated heterocycles. The number of aromatic nitrogens is 6. The molecule has 53 heavy (non-hydrogen) atoms. The number of piperazine rings is 1. The molecule has 0 spiro atoms. The number of rotatable bonds is 7. The van der Waals surface area contributed by atoms with Gasteiger partial charge in [0.2, 0.25) is 5.95 Å². The molecule has 9 rings (SSSR count). The van der Waals surface area contributed by atoms with Gasteiger partial charge in [0.15, 0.2) is 11.5 Å². The number of nitrogens with zero attached hydrogens (tertiary/aromatic N) is 7. The number of carbonyl (C=O) groups is 1. The Morgan fingerprint density at radius 3 is 2.55 bits per heavy atom. The molecule has 0 bridgehead atoms. The molecule has 0 atom stereocenters. The summed E-state index contributed by atoms with van der Waals surface area (Å²) >= 11 is 0. The SMILES string of the molecule is Cc1cc(-c2[nH]c3cc(F)cc4c3c2CCNC4=O)ccc1CN1CCN(c2ccc(Nc3ncc4c(=O)n(-c5ccccn5)n(C)c4n3)cc2)CC1. The van der Waals surface area contributed by atoms with Gasteiger partial charge < -0.3 is 20.5 Å². The Morgan fingerprint density at radius 2 is 1.77 bits per heavy atom. The van der Waals surface area contributed by atoms with Crippen molar-refractivity contribution < 1.29 is 9.18 Å². The summed E-state index contributed by atoms with van der Waals surface area (Å²) in [7, 11) is 1.78. The minimum atomic E-state index is -0.422. The fourth-order valence-electron chi connectivity index (χ4n) is 7.67. The van der Waals surface area contributed by atoms with Gasteiger partial charge in [-0.2, -0.15) is 9.67 Å². The maximum atomic E-state index is 14.4. The van der Waals surface area contributed by atoms with Crippen molar-refractivity contribution in [1.29, 1.82) is 0 Å². The molecule has 3 N–H and O–H groups in total. The van der Waals surface area contributed by atoms with Gasteiger partial charge in [-0.3, -0.25) is 19.2 Å². The molecule has 1 fully saturated rings. The van der Waals surface area contributed by atoms with Crippen LogP contribution in [0.3, 0.4) is 0 Å². The van der Waals surface area contributed by atoms with Crippen LogP contribution < -0.4 is 21.1 Å². The maximum absolute atomic E-state index is 14.4. The highest BCUT2D eigenvalue weighted by molar-refractivity contribution is 6.10. The zero-order valence-corrected chi connectivity index (χ0v) is 29.4. The zero-order chi connectivity index (χ0) is 36.2. The number of H-pyrrole nitrogens is 1. The number of benzene rings is 3. The molecule has 2 aliphatic rings. The Morgan fingerprint density at radius 1 is 0.943 bits per heavy atom. The van der Waals surface area contributed by atoms with E-state index in [2.05, 4.69) is 77.6 Å². The van der Waals surface area contributed by atoms with Crippen molar-refractivity contribution in [2.75, 3.05) is 42.9 Å². The predicted octanol–water partition coefficient (Wildman–Crippen LogP) is 5.46. The van der Waals surface area contributed by atoms with Crippen LogP contribution in [0.1, 0.15) is 27.0 Å². The number of halogens is 1. The predicted molar refractivity (Wildman–Crippen MR) is 204 cm³/mol. The van der Waals surface area contributed by atoms with Crippen LogP contribution in [0.15, 0.2) is 90.0 Å². The van der Waals surface area contributed by atoms with E-state index in [0.717, 1.165) is 66.3 Å². The molecule has 1 amide bonds. The lowest BCUT2D eigenvalue weighted by atomic mass is 9.97. The maximum Gasteiger partial charge on any atom is 0.283 e. The number of pyridine rings is 1. The topological polar surface area (TPSA) is 129 Å². The lowest BCUT2D eigenvalue weighted by molar-refractivity contribution is 0.0956. The van der Waals surface area contributed by atoms with Crippen molar-refractivity contribution in [2.45, 2.75) is 19.9 Å². The summed E-state index contributed by atoms with van der Waals surface area (Å²) in [6.07, 6.45) is 3.88. The van der Waals surface area contributed by atoms with Gasteiger partial charge in [0.25, 0.3) is 11.5 Å².